The smallest absolute Gasteiger partial charge is 0.230 e. The van der Waals surface area contributed by atoms with Gasteiger partial charge >= 0.3 is 0 Å². The van der Waals surface area contributed by atoms with E-state index in [0.29, 0.717) is 23.4 Å². The zero-order chi connectivity index (χ0) is 18.4. The van der Waals surface area contributed by atoms with Crippen LogP contribution in [0.1, 0.15) is 13.8 Å². The third-order valence-corrected chi connectivity index (χ3v) is 4.56. The van der Waals surface area contributed by atoms with Crippen LogP contribution in [-0.4, -0.2) is 38.0 Å². The molecule has 134 valence electrons. The van der Waals surface area contributed by atoms with Crippen molar-refractivity contribution in [3.05, 3.63) is 54.9 Å². The van der Waals surface area contributed by atoms with Crippen LogP contribution in [-0.2, 0) is 4.79 Å². The predicted molar refractivity (Wildman–Crippen MR) is 103 cm³/mol. The fourth-order valence-corrected chi connectivity index (χ4v) is 3.14. The summed E-state index contributed by atoms with van der Waals surface area (Å²) in [6, 6.07) is 13.7. The maximum Gasteiger partial charge on any atom is 0.230 e. The van der Waals surface area contributed by atoms with Gasteiger partial charge in [-0.05, 0) is 30.2 Å². The maximum atomic E-state index is 12.0. The summed E-state index contributed by atoms with van der Waals surface area (Å²) in [6.45, 7) is 4.81. The molecule has 3 rings (SSSR count). The van der Waals surface area contributed by atoms with E-state index in [9.17, 15) is 4.79 Å². The normalized spacial score (nSPS) is 10.9. The lowest BCUT2D eigenvalue weighted by Gasteiger charge is -2.10. The van der Waals surface area contributed by atoms with Gasteiger partial charge in [-0.15, -0.1) is 10.2 Å². The Kier molecular flexibility index (Phi) is 6.01. The van der Waals surface area contributed by atoms with E-state index in [1.54, 1.807) is 12.4 Å². The number of benzene rings is 1. The molecule has 0 unspecified atom stereocenters. The van der Waals surface area contributed by atoms with Gasteiger partial charge in [-0.25, -0.2) is 0 Å². The first-order chi connectivity index (χ1) is 12.6. The fraction of sp³-hybridized carbons (Fsp3) is 0.263. The lowest BCUT2D eigenvalue weighted by Crippen LogP contribution is -2.28. The van der Waals surface area contributed by atoms with E-state index in [1.807, 2.05) is 47.0 Å². The molecule has 0 fully saturated rings. The Morgan fingerprint density at radius 1 is 1.12 bits per heavy atom. The summed E-state index contributed by atoms with van der Waals surface area (Å²) in [5, 5.41) is 12.3. The molecule has 3 aromatic rings. The number of nitrogens with zero attached hydrogens (tertiary/aromatic N) is 4. The van der Waals surface area contributed by atoms with Crippen molar-refractivity contribution >= 4 is 17.7 Å². The molecule has 2 aromatic heterocycles. The minimum atomic E-state index is -0.00299. The second-order valence-corrected chi connectivity index (χ2v) is 7.14. The number of nitrogens with one attached hydrogen (secondary N) is 1. The summed E-state index contributed by atoms with van der Waals surface area (Å²) in [4.78, 5) is 16.1. The van der Waals surface area contributed by atoms with Crippen molar-refractivity contribution in [1.82, 2.24) is 25.1 Å². The molecular weight excluding hydrogens is 346 g/mol. The Morgan fingerprint density at radius 3 is 2.54 bits per heavy atom. The van der Waals surface area contributed by atoms with E-state index in [2.05, 4.69) is 34.3 Å². The highest BCUT2D eigenvalue weighted by molar-refractivity contribution is 7.99. The number of hydrogen-bond acceptors (Lipinski definition) is 5. The molecule has 0 atom stereocenters. The summed E-state index contributed by atoms with van der Waals surface area (Å²) in [7, 11) is 0. The van der Waals surface area contributed by atoms with Crippen LogP contribution in [0.15, 0.2) is 60.0 Å². The van der Waals surface area contributed by atoms with Gasteiger partial charge in [0.1, 0.15) is 0 Å². The zero-order valence-corrected chi connectivity index (χ0v) is 15.6. The van der Waals surface area contributed by atoms with Crippen molar-refractivity contribution < 1.29 is 4.79 Å². The van der Waals surface area contributed by atoms with E-state index < -0.39 is 0 Å². The molecule has 0 saturated carbocycles. The topological polar surface area (TPSA) is 72.7 Å². The number of thioether (sulfide) groups is 1. The van der Waals surface area contributed by atoms with Gasteiger partial charge in [0.2, 0.25) is 5.91 Å². The maximum absolute atomic E-state index is 12.0. The summed E-state index contributed by atoms with van der Waals surface area (Å²) in [5.41, 5.74) is 1.88. The first-order valence-corrected chi connectivity index (χ1v) is 9.44. The van der Waals surface area contributed by atoms with Gasteiger partial charge in [-0.1, -0.05) is 43.8 Å². The molecule has 1 N–H and O–H groups in total. The van der Waals surface area contributed by atoms with E-state index >= 15 is 0 Å². The Bertz CT molecular complexity index is 849. The molecule has 0 aliphatic rings. The molecule has 2 heterocycles. The Hall–Kier alpha value is -2.67. The molecule has 0 spiro atoms. The van der Waals surface area contributed by atoms with Gasteiger partial charge in [-0.2, -0.15) is 0 Å². The third-order valence-electron chi connectivity index (χ3n) is 3.63. The number of carbonyl (C=O) groups excluding carboxylic acids is 1. The van der Waals surface area contributed by atoms with Gasteiger partial charge < -0.3 is 5.32 Å². The fourth-order valence-electron chi connectivity index (χ4n) is 2.36. The van der Waals surface area contributed by atoms with Crippen molar-refractivity contribution in [3.8, 4) is 17.1 Å². The van der Waals surface area contributed by atoms with E-state index in [-0.39, 0.29) is 5.91 Å². The van der Waals surface area contributed by atoms with Gasteiger partial charge in [-0.3, -0.25) is 14.3 Å². The monoisotopic (exact) mass is 367 g/mol. The van der Waals surface area contributed by atoms with Crippen LogP contribution in [0, 0.1) is 5.92 Å². The molecule has 6 nitrogen and oxygen atoms in total. The number of aromatic nitrogens is 4. The predicted octanol–water partition coefficient (Wildman–Crippen LogP) is 3.19. The van der Waals surface area contributed by atoms with E-state index in [1.165, 1.54) is 11.8 Å². The average molecular weight is 367 g/mol. The number of hydrogen-bond donors (Lipinski definition) is 1. The van der Waals surface area contributed by atoms with Crippen LogP contribution >= 0.6 is 11.8 Å². The first-order valence-electron chi connectivity index (χ1n) is 8.46. The zero-order valence-electron chi connectivity index (χ0n) is 14.8. The highest BCUT2D eigenvalue weighted by Crippen LogP contribution is 2.27. The summed E-state index contributed by atoms with van der Waals surface area (Å²) < 4.78 is 1.97. The number of carbonyl (C=O) groups is 1. The molecular formula is C19H21N5OS. The van der Waals surface area contributed by atoms with E-state index in [4.69, 9.17) is 0 Å². The number of amides is 1. The molecule has 7 heteroatoms. The van der Waals surface area contributed by atoms with Crippen molar-refractivity contribution in [2.45, 2.75) is 19.0 Å². The average Bonchev–Trinajstić information content (AvgIpc) is 3.10. The molecule has 1 aromatic carbocycles. The van der Waals surface area contributed by atoms with E-state index in [0.717, 1.165) is 17.1 Å². The van der Waals surface area contributed by atoms with Crippen LogP contribution in [0.3, 0.4) is 0 Å². The quantitative estimate of drug-likeness (QED) is 0.649. The van der Waals surface area contributed by atoms with Crippen LogP contribution in [0.2, 0.25) is 0 Å². The van der Waals surface area contributed by atoms with Crippen LogP contribution in [0.4, 0.5) is 0 Å². The van der Waals surface area contributed by atoms with Crippen molar-refractivity contribution in [2.75, 3.05) is 12.3 Å². The number of para-hydroxylation sites is 1. The van der Waals surface area contributed by atoms with Crippen molar-refractivity contribution in [3.63, 3.8) is 0 Å². The Balaban J connectivity index is 1.86. The minimum absolute atomic E-state index is 0.00299. The highest BCUT2D eigenvalue weighted by atomic mass is 32.2. The second kappa shape index (κ2) is 8.62. The lowest BCUT2D eigenvalue weighted by molar-refractivity contribution is -0.118. The third kappa shape index (κ3) is 4.49. The van der Waals surface area contributed by atoms with Crippen molar-refractivity contribution in [2.24, 2.45) is 5.92 Å². The molecule has 0 aliphatic carbocycles. The SMILES string of the molecule is CC(C)CNC(=O)CSc1nnc(-c2ccncc2)n1-c1ccccc1. The standard InChI is InChI=1S/C19H21N5OS/c1-14(2)12-21-17(25)13-26-19-23-22-18(15-8-10-20-11-9-15)24(19)16-6-4-3-5-7-16/h3-11,14H,12-13H2,1-2H3,(H,21,25). The Morgan fingerprint density at radius 2 is 1.85 bits per heavy atom. The van der Waals surface area contributed by atoms with Gasteiger partial charge in [0.15, 0.2) is 11.0 Å². The molecule has 0 aliphatic heterocycles. The van der Waals surface area contributed by atoms with Crippen molar-refractivity contribution in [1.29, 1.82) is 0 Å². The molecule has 0 saturated heterocycles. The molecule has 0 bridgehead atoms. The largest absolute Gasteiger partial charge is 0.355 e. The van der Waals surface area contributed by atoms with Gasteiger partial charge in [0.05, 0.1) is 5.75 Å². The number of pyridine rings is 1. The molecule has 26 heavy (non-hydrogen) atoms. The minimum Gasteiger partial charge on any atom is -0.355 e. The summed E-state index contributed by atoms with van der Waals surface area (Å²) in [5.74, 6) is 1.45. The van der Waals surface area contributed by atoms with Crippen LogP contribution in [0.25, 0.3) is 17.1 Å². The summed E-state index contributed by atoms with van der Waals surface area (Å²) in [6.07, 6.45) is 3.46. The summed E-state index contributed by atoms with van der Waals surface area (Å²) >= 11 is 1.38. The lowest BCUT2D eigenvalue weighted by atomic mass is 10.2. The first kappa shape index (κ1) is 18.1. The van der Waals surface area contributed by atoms with Crippen LogP contribution in [0.5, 0.6) is 0 Å². The van der Waals surface area contributed by atoms with Gasteiger partial charge in [0.25, 0.3) is 0 Å². The Labute approximate surface area is 157 Å². The van der Waals surface area contributed by atoms with Gasteiger partial charge in [0, 0.05) is 30.2 Å². The molecule has 1 amide bonds. The second-order valence-electron chi connectivity index (χ2n) is 6.20. The highest BCUT2D eigenvalue weighted by Gasteiger charge is 2.17. The number of rotatable bonds is 7. The molecule has 0 radical (unpaired) electrons. The van der Waals surface area contributed by atoms with Crippen LogP contribution < -0.4 is 5.32 Å².